The van der Waals surface area contributed by atoms with Crippen LogP contribution in [-0.4, -0.2) is 35.8 Å². The summed E-state index contributed by atoms with van der Waals surface area (Å²) in [6, 6.07) is 6.43. The number of carbonyl (C=O) groups is 2. The molecule has 1 saturated carbocycles. The lowest BCUT2D eigenvalue weighted by Gasteiger charge is -2.32. The molecular weight excluding hydrogens is 283 g/mol. The van der Waals surface area contributed by atoms with Crippen LogP contribution in [0.1, 0.15) is 31.2 Å². The number of piperidine rings is 1. The van der Waals surface area contributed by atoms with E-state index in [-0.39, 0.29) is 36.0 Å². The van der Waals surface area contributed by atoms with Crippen LogP contribution in [0, 0.1) is 11.7 Å². The van der Waals surface area contributed by atoms with E-state index in [1.54, 1.807) is 18.2 Å². The Labute approximate surface area is 129 Å². The zero-order valence-corrected chi connectivity index (χ0v) is 12.6. The first-order valence-electron chi connectivity index (χ1n) is 7.95. The summed E-state index contributed by atoms with van der Waals surface area (Å²) in [4.78, 5) is 25.9. The Morgan fingerprint density at radius 1 is 1.14 bits per heavy atom. The summed E-state index contributed by atoms with van der Waals surface area (Å²) in [6.45, 7) is 1.42. The van der Waals surface area contributed by atoms with Gasteiger partial charge >= 0.3 is 0 Å². The number of hydrogen-bond donors (Lipinski definition) is 1. The first kappa shape index (κ1) is 15.0. The summed E-state index contributed by atoms with van der Waals surface area (Å²) in [5.74, 6) is 0.0305. The highest BCUT2D eigenvalue weighted by Crippen LogP contribution is 2.31. The molecule has 0 bridgehead atoms. The van der Waals surface area contributed by atoms with Gasteiger partial charge in [0.05, 0.1) is 6.42 Å². The molecule has 1 aliphatic carbocycles. The van der Waals surface area contributed by atoms with Gasteiger partial charge < -0.3 is 10.2 Å². The second-order valence-electron chi connectivity index (χ2n) is 6.21. The van der Waals surface area contributed by atoms with E-state index < -0.39 is 0 Å². The Hall–Kier alpha value is -1.91. The number of carbonyl (C=O) groups excluding carboxylic acids is 2. The SMILES string of the molecule is O=C(Cc1ccccc1F)NC1CCN(C(=O)C2CC2)CC1. The van der Waals surface area contributed by atoms with Crippen LogP contribution in [0.2, 0.25) is 0 Å². The molecule has 4 nitrogen and oxygen atoms in total. The van der Waals surface area contributed by atoms with Crippen LogP contribution in [0.15, 0.2) is 24.3 Å². The van der Waals surface area contributed by atoms with Gasteiger partial charge in [-0.3, -0.25) is 9.59 Å². The molecule has 1 aromatic carbocycles. The van der Waals surface area contributed by atoms with Gasteiger partial charge in [0.1, 0.15) is 5.82 Å². The summed E-state index contributed by atoms with van der Waals surface area (Å²) < 4.78 is 13.5. The molecule has 118 valence electrons. The maximum Gasteiger partial charge on any atom is 0.225 e. The number of hydrogen-bond acceptors (Lipinski definition) is 2. The third-order valence-corrected chi connectivity index (χ3v) is 4.41. The number of nitrogens with one attached hydrogen (secondary N) is 1. The molecule has 0 unspecified atom stereocenters. The van der Waals surface area contributed by atoms with Crippen molar-refractivity contribution in [3.63, 3.8) is 0 Å². The molecule has 22 heavy (non-hydrogen) atoms. The van der Waals surface area contributed by atoms with Gasteiger partial charge in [0.15, 0.2) is 0 Å². The molecule has 1 saturated heterocycles. The highest BCUT2D eigenvalue weighted by atomic mass is 19.1. The summed E-state index contributed by atoms with van der Waals surface area (Å²) >= 11 is 0. The number of halogens is 1. The maximum atomic E-state index is 13.5. The number of benzene rings is 1. The van der Waals surface area contributed by atoms with Crippen molar-refractivity contribution in [1.82, 2.24) is 10.2 Å². The number of likely N-dealkylation sites (tertiary alicyclic amines) is 1. The van der Waals surface area contributed by atoms with E-state index in [0.29, 0.717) is 18.7 Å². The molecule has 0 atom stereocenters. The predicted octanol–water partition coefficient (Wildman–Crippen LogP) is 1.89. The molecule has 2 aliphatic rings. The number of nitrogens with zero attached hydrogens (tertiary/aromatic N) is 1. The van der Waals surface area contributed by atoms with Crippen molar-refractivity contribution in [3.05, 3.63) is 35.6 Å². The van der Waals surface area contributed by atoms with Crippen LogP contribution in [0.25, 0.3) is 0 Å². The third kappa shape index (κ3) is 3.64. The molecule has 2 amide bonds. The van der Waals surface area contributed by atoms with Crippen molar-refractivity contribution in [3.8, 4) is 0 Å². The number of rotatable bonds is 4. The topological polar surface area (TPSA) is 49.4 Å². The van der Waals surface area contributed by atoms with E-state index in [1.165, 1.54) is 6.07 Å². The Balaban J connectivity index is 1.45. The first-order chi connectivity index (χ1) is 10.6. The minimum atomic E-state index is -0.345. The second kappa shape index (κ2) is 6.46. The lowest BCUT2D eigenvalue weighted by molar-refractivity contribution is -0.133. The minimum Gasteiger partial charge on any atom is -0.353 e. The average molecular weight is 304 g/mol. The van der Waals surface area contributed by atoms with Crippen LogP contribution >= 0.6 is 0 Å². The van der Waals surface area contributed by atoms with Gasteiger partial charge in [-0.2, -0.15) is 0 Å². The minimum absolute atomic E-state index is 0.0634. The van der Waals surface area contributed by atoms with Crippen LogP contribution in [-0.2, 0) is 16.0 Å². The zero-order chi connectivity index (χ0) is 15.5. The Kier molecular flexibility index (Phi) is 4.41. The quantitative estimate of drug-likeness (QED) is 0.923. The largest absolute Gasteiger partial charge is 0.353 e. The molecule has 3 rings (SSSR count). The fourth-order valence-corrected chi connectivity index (χ4v) is 2.93. The van der Waals surface area contributed by atoms with Crippen molar-refractivity contribution in [1.29, 1.82) is 0 Å². The van der Waals surface area contributed by atoms with E-state index >= 15 is 0 Å². The average Bonchev–Trinajstić information content (AvgIpc) is 3.34. The van der Waals surface area contributed by atoms with Crippen molar-refractivity contribution in [2.24, 2.45) is 5.92 Å². The van der Waals surface area contributed by atoms with Crippen LogP contribution in [0.4, 0.5) is 4.39 Å². The lowest BCUT2D eigenvalue weighted by Crippen LogP contribution is -2.47. The van der Waals surface area contributed by atoms with Gasteiger partial charge in [0, 0.05) is 25.0 Å². The van der Waals surface area contributed by atoms with E-state index in [1.807, 2.05) is 4.90 Å². The highest BCUT2D eigenvalue weighted by Gasteiger charge is 2.35. The Bertz CT molecular complexity index is 564. The fraction of sp³-hybridized carbons (Fsp3) is 0.529. The molecule has 1 aromatic rings. The normalized spacial score (nSPS) is 19.0. The van der Waals surface area contributed by atoms with Gasteiger partial charge in [-0.25, -0.2) is 4.39 Å². The zero-order valence-electron chi connectivity index (χ0n) is 12.6. The van der Waals surface area contributed by atoms with E-state index in [4.69, 9.17) is 0 Å². The van der Waals surface area contributed by atoms with Crippen molar-refractivity contribution < 1.29 is 14.0 Å². The molecular formula is C17H21FN2O2. The summed E-state index contributed by atoms with van der Waals surface area (Å²) in [6.07, 6.45) is 3.67. The van der Waals surface area contributed by atoms with Gasteiger partial charge in [-0.1, -0.05) is 18.2 Å². The Morgan fingerprint density at radius 3 is 2.45 bits per heavy atom. The molecule has 0 radical (unpaired) electrons. The van der Waals surface area contributed by atoms with Crippen molar-refractivity contribution in [2.45, 2.75) is 38.1 Å². The second-order valence-corrected chi connectivity index (χ2v) is 6.21. The monoisotopic (exact) mass is 304 g/mol. The molecule has 0 spiro atoms. The summed E-state index contributed by atoms with van der Waals surface area (Å²) in [7, 11) is 0. The smallest absolute Gasteiger partial charge is 0.225 e. The molecule has 1 aliphatic heterocycles. The standard InChI is InChI=1S/C17H21FN2O2/c18-15-4-2-1-3-13(15)11-16(21)19-14-7-9-20(10-8-14)17(22)12-5-6-12/h1-4,12,14H,5-11H2,(H,19,21). The van der Waals surface area contributed by atoms with Crippen LogP contribution in [0.5, 0.6) is 0 Å². The van der Waals surface area contributed by atoms with Crippen LogP contribution < -0.4 is 5.32 Å². The molecule has 0 aromatic heterocycles. The van der Waals surface area contributed by atoms with Gasteiger partial charge in [-0.05, 0) is 37.3 Å². The molecule has 2 fully saturated rings. The summed E-state index contributed by atoms with van der Waals surface area (Å²) in [5.41, 5.74) is 0.418. The number of amides is 2. The molecule has 1 heterocycles. The van der Waals surface area contributed by atoms with Gasteiger partial charge in [0.25, 0.3) is 0 Å². The predicted molar refractivity (Wildman–Crippen MR) is 80.6 cm³/mol. The fourth-order valence-electron chi connectivity index (χ4n) is 2.93. The van der Waals surface area contributed by atoms with Gasteiger partial charge in [-0.15, -0.1) is 0 Å². The molecule has 1 N–H and O–H groups in total. The van der Waals surface area contributed by atoms with Crippen molar-refractivity contribution >= 4 is 11.8 Å². The van der Waals surface area contributed by atoms with Crippen molar-refractivity contribution in [2.75, 3.05) is 13.1 Å². The van der Waals surface area contributed by atoms with E-state index in [9.17, 15) is 14.0 Å². The maximum absolute atomic E-state index is 13.5. The summed E-state index contributed by atoms with van der Waals surface area (Å²) in [5, 5.41) is 2.96. The lowest BCUT2D eigenvalue weighted by atomic mass is 10.0. The highest BCUT2D eigenvalue weighted by molar-refractivity contribution is 5.81. The van der Waals surface area contributed by atoms with E-state index in [0.717, 1.165) is 25.7 Å². The Morgan fingerprint density at radius 2 is 1.82 bits per heavy atom. The molecule has 5 heteroatoms. The first-order valence-corrected chi connectivity index (χ1v) is 7.95. The van der Waals surface area contributed by atoms with Gasteiger partial charge in [0.2, 0.25) is 11.8 Å². The van der Waals surface area contributed by atoms with Crippen LogP contribution in [0.3, 0.4) is 0 Å². The van der Waals surface area contributed by atoms with E-state index in [2.05, 4.69) is 5.32 Å². The third-order valence-electron chi connectivity index (χ3n) is 4.41.